The van der Waals surface area contributed by atoms with E-state index < -0.39 is 0 Å². The minimum atomic E-state index is -0.205. The molecule has 140 valence electrons. The van der Waals surface area contributed by atoms with E-state index in [-0.39, 0.29) is 5.54 Å². The second-order valence-electron chi connectivity index (χ2n) is 7.81. The van der Waals surface area contributed by atoms with Gasteiger partial charge in [-0.1, -0.05) is 30.3 Å². The number of nitrogens with zero attached hydrogens (tertiary/aromatic N) is 4. The van der Waals surface area contributed by atoms with E-state index in [4.69, 9.17) is 14.7 Å². The van der Waals surface area contributed by atoms with Crippen molar-refractivity contribution in [2.45, 2.75) is 26.3 Å². The summed E-state index contributed by atoms with van der Waals surface area (Å²) >= 11 is 0. The summed E-state index contributed by atoms with van der Waals surface area (Å²) in [6.07, 6.45) is 0. The monoisotopic (exact) mass is 362 g/mol. The number of benzene rings is 2. The Labute approximate surface area is 160 Å². The lowest BCUT2D eigenvalue weighted by molar-refractivity contribution is 0.122. The lowest BCUT2D eigenvalue weighted by Crippen LogP contribution is -2.41. The van der Waals surface area contributed by atoms with E-state index in [1.807, 2.05) is 12.1 Å². The predicted octanol–water partition coefficient (Wildman–Crippen LogP) is 3.56. The molecule has 0 N–H and O–H groups in total. The van der Waals surface area contributed by atoms with Crippen LogP contribution >= 0.6 is 0 Å². The highest BCUT2D eigenvalue weighted by molar-refractivity contribution is 5.79. The summed E-state index contributed by atoms with van der Waals surface area (Å²) in [6, 6.07) is 18.6. The highest BCUT2D eigenvalue weighted by Gasteiger charge is 2.20. The number of para-hydroxylation sites is 2. The number of morpholine rings is 1. The SMILES string of the molecule is CC(C)(C)N=c1c2ccccc2nc(N2CCOCC2)n1-c1ccccc1. The molecular formula is C22H26N4O. The van der Waals surface area contributed by atoms with Crippen molar-refractivity contribution in [3.8, 4) is 5.69 Å². The smallest absolute Gasteiger partial charge is 0.212 e. The zero-order valence-electron chi connectivity index (χ0n) is 16.2. The van der Waals surface area contributed by atoms with Gasteiger partial charge in [0.1, 0.15) is 5.49 Å². The molecular weight excluding hydrogens is 336 g/mol. The molecule has 0 radical (unpaired) electrons. The summed E-state index contributed by atoms with van der Waals surface area (Å²) < 4.78 is 7.76. The van der Waals surface area contributed by atoms with Crippen LogP contribution in [0.25, 0.3) is 16.6 Å². The van der Waals surface area contributed by atoms with E-state index >= 15 is 0 Å². The molecule has 3 aromatic rings. The van der Waals surface area contributed by atoms with Gasteiger partial charge in [0.2, 0.25) is 5.95 Å². The third-order valence-corrected chi connectivity index (χ3v) is 4.53. The Bertz CT molecular complexity index is 996. The van der Waals surface area contributed by atoms with Gasteiger partial charge in [0, 0.05) is 18.5 Å². The van der Waals surface area contributed by atoms with Crippen molar-refractivity contribution in [2.24, 2.45) is 4.99 Å². The Morgan fingerprint density at radius 3 is 2.30 bits per heavy atom. The summed E-state index contributed by atoms with van der Waals surface area (Å²) in [5, 5.41) is 1.06. The van der Waals surface area contributed by atoms with E-state index in [0.29, 0.717) is 0 Å². The lowest BCUT2D eigenvalue weighted by atomic mass is 10.1. The quantitative estimate of drug-likeness (QED) is 0.700. The number of rotatable bonds is 2. The summed E-state index contributed by atoms with van der Waals surface area (Å²) in [5.74, 6) is 0.922. The average Bonchev–Trinajstić information content (AvgIpc) is 2.68. The van der Waals surface area contributed by atoms with E-state index in [0.717, 1.165) is 54.3 Å². The third-order valence-electron chi connectivity index (χ3n) is 4.53. The maximum Gasteiger partial charge on any atom is 0.212 e. The molecule has 1 aromatic heterocycles. The van der Waals surface area contributed by atoms with Crippen LogP contribution < -0.4 is 10.4 Å². The molecule has 2 aromatic carbocycles. The molecule has 1 fully saturated rings. The van der Waals surface area contributed by atoms with Gasteiger partial charge in [-0.15, -0.1) is 0 Å². The molecule has 0 spiro atoms. The second kappa shape index (κ2) is 7.16. The lowest BCUT2D eigenvalue weighted by Gasteiger charge is -2.30. The Morgan fingerprint density at radius 2 is 1.59 bits per heavy atom. The maximum absolute atomic E-state index is 5.56. The van der Waals surface area contributed by atoms with Crippen LogP contribution in [0.5, 0.6) is 0 Å². The van der Waals surface area contributed by atoms with Crippen molar-refractivity contribution in [1.82, 2.24) is 9.55 Å². The normalized spacial score (nSPS) is 16.1. The van der Waals surface area contributed by atoms with Crippen LogP contribution in [-0.4, -0.2) is 41.4 Å². The fraction of sp³-hybridized carbons (Fsp3) is 0.364. The van der Waals surface area contributed by atoms with Gasteiger partial charge >= 0.3 is 0 Å². The van der Waals surface area contributed by atoms with E-state index in [1.165, 1.54) is 0 Å². The van der Waals surface area contributed by atoms with Crippen molar-refractivity contribution < 1.29 is 4.74 Å². The highest BCUT2D eigenvalue weighted by Crippen LogP contribution is 2.21. The minimum absolute atomic E-state index is 0.205. The fourth-order valence-corrected chi connectivity index (χ4v) is 3.35. The van der Waals surface area contributed by atoms with Crippen LogP contribution in [0.4, 0.5) is 5.95 Å². The van der Waals surface area contributed by atoms with Crippen LogP contribution in [0.2, 0.25) is 0 Å². The fourth-order valence-electron chi connectivity index (χ4n) is 3.35. The van der Waals surface area contributed by atoms with Crippen molar-refractivity contribution in [3.63, 3.8) is 0 Å². The van der Waals surface area contributed by atoms with Crippen LogP contribution in [0, 0.1) is 0 Å². The Morgan fingerprint density at radius 1 is 0.926 bits per heavy atom. The van der Waals surface area contributed by atoms with Crippen LogP contribution in [0.15, 0.2) is 59.6 Å². The molecule has 27 heavy (non-hydrogen) atoms. The standard InChI is InChI=1S/C22H26N4O/c1-22(2,3)24-20-18-11-7-8-12-19(18)23-21(25-13-15-27-16-14-25)26(20)17-9-5-4-6-10-17/h4-12H,13-16H2,1-3H3. The molecule has 1 aliphatic heterocycles. The van der Waals surface area contributed by atoms with Crippen LogP contribution in [-0.2, 0) is 4.74 Å². The Hall–Kier alpha value is -2.66. The van der Waals surface area contributed by atoms with Gasteiger partial charge in [-0.2, -0.15) is 0 Å². The van der Waals surface area contributed by atoms with Gasteiger partial charge < -0.3 is 9.64 Å². The first kappa shape index (κ1) is 17.7. The van der Waals surface area contributed by atoms with E-state index in [2.05, 4.69) is 72.7 Å². The molecule has 5 nitrogen and oxygen atoms in total. The first-order valence-corrected chi connectivity index (χ1v) is 9.49. The number of ether oxygens (including phenoxy) is 1. The predicted molar refractivity (Wildman–Crippen MR) is 109 cm³/mol. The molecule has 0 aliphatic carbocycles. The van der Waals surface area contributed by atoms with Gasteiger partial charge in [-0.25, -0.2) is 4.98 Å². The Balaban J connectivity index is 2.11. The summed E-state index contributed by atoms with van der Waals surface area (Å²) in [4.78, 5) is 12.5. The van der Waals surface area contributed by atoms with E-state index in [9.17, 15) is 0 Å². The summed E-state index contributed by atoms with van der Waals surface area (Å²) in [7, 11) is 0. The molecule has 0 saturated carbocycles. The molecule has 0 atom stereocenters. The number of anilines is 1. The topological polar surface area (TPSA) is 42.6 Å². The van der Waals surface area contributed by atoms with Gasteiger partial charge in [-0.05, 0) is 45.0 Å². The van der Waals surface area contributed by atoms with Crippen molar-refractivity contribution in [1.29, 1.82) is 0 Å². The van der Waals surface area contributed by atoms with E-state index in [1.54, 1.807) is 0 Å². The van der Waals surface area contributed by atoms with Gasteiger partial charge in [0.05, 0.1) is 30.0 Å². The molecule has 1 saturated heterocycles. The van der Waals surface area contributed by atoms with Crippen LogP contribution in [0.3, 0.4) is 0 Å². The number of fused-ring (bicyclic) bond motifs is 1. The first-order chi connectivity index (χ1) is 13.0. The highest BCUT2D eigenvalue weighted by atomic mass is 16.5. The second-order valence-corrected chi connectivity index (χ2v) is 7.81. The molecule has 0 amide bonds. The zero-order valence-corrected chi connectivity index (χ0v) is 16.2. The molecule has 0 unspecified atom stereocenters. The number of hydrogen-bond acceptors (Lipinski definition) is 4. The molecule has 5 heteroatoms. The molecule has 4 rings (SSSR count). The average molecular weight is 362 g/mol. The van der Waals surface area contributed by atoms with Crippen molar-refractivity contribution in [2.75, 3.05) is 31.2 Å². The number of aromatic nitrogens is 2. The number of hydrogen-bond donors (Lipinski definition) is 0. The maximum atomic E-state index is 5.56. The van der Waals surface area contributed by atoms with Gasteiger partial charge in [0.15, 0.2) is 0 Å². The first-order valence-electron chi connectivity index (χ1n) is 9.49. The largest absolute Gasteiger partial charge is 0.378 e. The van der Waals surface area contributed by atoms with Gasteiger partial charge in [0.25, 0.3) is 0 Å². The summed E-state index contributed by atoms with van der Waals surface area (Å²) in [5.41, 5.74) is 2.78. The van der Waals surface area contributed by atoms with Crippen molar-refractivity contribution >= 4 is 16.9 Å². The summed E-state index contributed by atoms with van der Waals surface area (Å²) in [6.45, 7) is 9.48. The van der Waals surface area contributed by atoms with Gasteiger partial charge in [-0.3, -0.25) is 9.56 Å². The zero-order chi connectivity index (χ0) is 18.9. The van der Waals surface area contributed by atoms with Crippen molar-refractivity contribution in [3.05, 3.63) is 60.1 Å². The minimum Gasteiger partial charge on any atom is -0.378 e. The molecule has 2 heterocycles. The van der Waals surface area contributed by atoms with Crippen LogP contribution in [0.1, 0.15) is 20.8 Å². The third kappa shape index (κ3) is 3.74. The Kier molecular flexibility index (Phi) is 4.70. The molecule has 1 aliphatic rings. The molecule has 0 bridgehead atoms.